The van der Waals surface area contributed by atoms with Crippen LogP contribution in [0.4, 0.5) is 0 Å². The summed E-state index contributed by atoms with van der Waals surface area (Å²) in [6, 6.07) is 2.31. The summed E-state index contributed by atoms with van der Waals surface area (Å²) in [7, 11) is 0. The van der Waals surface area contributed by atoms with Gasteiger partial charge in [0.25, 0.3) is 0 Å². The summed E-state index contributed by atoms with van der Waals surface area (Å²) in [6.07, 6.45) is 5.35. The first-order valence-electron chi connectivity index (χ1n) is 8.93. The molecule has 1 heterocycles. The van der Waals surface area contributed by atoms with Crippen LogP contribution in [-0.2, 0) is 25.6 Å². The number of hydrogen-bond donors (Lipinski definition) is 2. The second-order valence-corrected chi connectivity index (χ2v) is 8.84. The minimum atomic E-state index is -1.27. The average molecular weight is 461 g/mol. The monoisotopic (exact) mass is 460 g/mol. The van der Waals surface area contributed by atoms with Crippen molar-refractivity contribution in [3.63, 3.8) is 0 Å². The molecule has 0 radical (unpaired) electrons. The van der Waals surface area contributed by atoms with Crippen LogP contribution in [0, 0.1) is 5.92 Å². The molecule has 2 N–H and O–H groups in total. The summed E-state index contributed by atoms with van der Waals surface area (Å²) in [5, 5.41) is 11.8. The number of halogens is 2. The van der Waals surface area contributed by atoms with Gasteiger partial charge in [-0.25, -0.2) is 0 Å². The Hall–Kier alpha value is -1.74. The van der Waals surface area contributed by atoms with E-state index in [1.165, 1.54) is 19.3 Å². The Bertz CT molecular complexity index is 823. The number of hydrogen-bond acceptors (Lipinski definition) is 4. The fraction of sp³-hybridized carbons (Fsp3) is 0.421. The van der Waals surface area contributed by atoms with E-state index in [4.69, 9.17) is 28.3 Å². The number of nitrogens with zero attached hydrogens (tertiary/aromatic N) is 1. The molecule has 1 aromatic rings. The van der Waals surface area contributed by atoms with Crippen LogP contribution in [0.15, 0.2) is 23.1 Å². The lowest BCUT2D eigenvalue weighted by molar-refractivity contribution is -0.142. The zero-order valence-corrected chi connectivity index (χ0v) is 18.3. The number of amides is 2. The smallest absolute Gasteiger partial charge is 0.325 e. The molecule has 2 atom stereocenters. The molecule has 0 aromatic heterocycles. The lowest BCUT2D eigenvalue weighted by Gasteiger charge is -2.31. The lowest BCUT2D eigenvalue weighted by atomic mass is 9.95. The van der Waals surface area contributed by atoms with Crippen LogP contribution in [0.5, 0.6) is 0 Å². The number of nitrogens with one attached hydrogen (secondary N) is 1. The Labute approximate surface area is 182 Å². The largest absolute Gasteiger partial charge is 0.612 e. The third-order valence-electron chi connectivity index (χ3n) is 4.70. The summed E-state index contributed by atoms with van der Waals surface area (Å²) >= 11 is 11.1. The number of likely N-dealkylation sites (tertiary alicyclic amines) is 1. The van der Waals surface area contributed by atoms with Crippen molar-refractivity contribution < 1.29 is 24.0 Å². The standard InChI is InChI=1S/C19H22Cl2N2O5S/c1-11(19(26)27)22-18(25)13-7-9-23(10-8-13)15(24)6-4-12-3-5-14(29(2)28)17(21)16(12)20/h3-6,11,13H,7-10H2,1-2H3,(H,22,25)(H,26,27). The molecule has 0 spiro atoms. The zero-order valence-electron chi connectivity index (χ0n) is 16.0. The number of rotatable bonds is 6. The van der Waals surface area contributed by atoms with Gasteiger partial charge in [0.15, 0.2) is 4.90 Å². The Morgan fingerprint density at radius 2 is 1.90 bits per heavy atom. The normalized spacial score (nSPS) is 17.2. The molecular weight excluding hydrogens is 439 g/mol. The molecule has 158 valence electrons. The molecule has 2 rings (SSSR count). The molecule has 7 nitrogen and oxygen atoms in total. The van der Waals surface area contributed by atoms with Crippen molar-refractivity contribution in [2.45, 2.75) is 30.7 Å². The molecular formula is C19H22Cl2N2O5S. The minimum absolute atomic E-state index is 0.199. The van der Waals surface area contributed by atoms with Gasteiger partial charge in [0.1, 0.15) is 17.3 Å². The van der Waals surface area contributed by atoms with E-state index in [0.29, 0.717) is 36.4 Å². The van der Waals surface area contributed by atoms with Gasteiger partial charge in [-0.3, -0.25) is 14.4 Å². The van der Waals surface area contributed by atoms with Crippen LogP contribution in [0.3, 0.4) is 0 Å². The summed E-state index contributed by atoms with van der Waals surface area (Å²) in [5.41, 5.74) is 0.538. The van der Waals surface area contributed by atoms with Crippen molar-refractivity contribution in [1.29, 1.82) is 0 Å². The maximum atomic E-state index is 12.4. The summed E-state index contributed by atoms with van der Waals surface area (Å²) < 4.78 is 11.6. The Kier molecular flexibility index (Phi) is 8.39. The maximum absolute atomic E-state index is 12.4. The highest BCUT2D eigenvalue weighted by Gasteiger charge is 2.28. The molecule has 0 aliphatic carbocycles. The predicted octanol–water partition coefficient (Wildman–Crippen LogP) is 2.57. The van der Waals surface area contributed by atoms with Gasteiger partial charge in [-0.1, -0.05) is 23.2 Å². The van der Waals surface area contributed by atoms with Crippen molar-refractivity contribution >= 4 is 58.2 Å². The molecule has 1 aliphatic heterocycles. The Morgan fingerprint density at radius 1 is 1.28 bits per heavy atom. The number of piperidine rings is 1. The van der Waals surface area contributed by atoms with E-state index < -0.39 is 23.2 Å². The van der Waals surface area contributed by atoms with Crippen molar-refractivity contribution in [3.8, 4) is 0 Å². The summed E-state index contributed by atoms with van der Waals surface area (Å²) in [4.78, 5) is 37.4. The highest BCUT2D eigenvalue weighted by atomic mass is 35.5. The first kappa shape index (κ1) is 23.5. The second kappa shape index (κ2) is 10.3. The highest BCUT2D eigenvalue weighted by molar-refractivity contribution is 7.90. The number of carbonyl (C=O) groups excluding carboxylic acids is 2. The molecule has 1 aliphatic rings. The maximum Gasteiger partial charge on any atom is 0.325 e. The molecule has 1 aromatic carbocycles. The van der Waals surface area contributed by atoms with Gasteiger partial charge in [-0.2, -0.15) is 0 Å². The van der Waals surface area contributed by atoms with Gasteiger partial charge in [-0.15, -0.1) is 0 Å². The number of carbonyl (C=O) groups is 3. The van der Waals surface area contributed by atoms with Crippen LogP contribution >= 0.6 is 23.2 Å². The van der Waals surface area contributed by atoms with Crippen LogP contribution in [-0.4, -0.2) is 57.7 Å². The molecule has 0 saturated carbocycles. The van der Waals surface area contributed by atoms with E-state index in [9.17, 15) is 18.9 Å². The molecule has 10 heteroatoms. The molecule has 2 amide bonds. The second-order valence-electron chi connectivity index (χ2n) is 6.74. The van der Waals surface area contributed by atoms with Crippen LogP contribution in [0.25, 0.3) is 6.08 Å². The third-order valence-corrected chi connectivity index (χ3v) is 6.67. The van der Waals surface area contributed by atoms with Crippen molar-refractivity contribution in [1.82, 2.24) is 10.2 Å². The van der Waals surface area contributed by atoms with E-state index in [0.717, 1.165) is 0 Å². The fourth-order valence-corrected chi connectivity index (χ4v) is 4.31. The van der Waals surface area contributed by atoms with E-state index in [2.05, 4.69) is 5.32 Å². The SMILES string of the molecule is CC(NC(=O)C1CCN(C(=O)C=Cc2ccc([S+](C)[O-])c(Cl)c2Cl)CC1)C(=O)O. The number of benzene rings is 1. The van der Waals surface area contributed by atoms with Gasteiger partial charge in [0.05, 0.1) is 5.02 Å². The number of carboxylic acids is 1. The highest BCUT2D eigenvalue weighted by Crippen LogP contribution is 2.33. The third kappa shape index (κ3) is 6.12. The average Bonchev–Trinajstić information content (AvgIpc) is 2.68. The summed E-state index contributed by atoms with van der Waals surface area (Å²) in [5.74, 6) is -1.94. The lowest BCUT2D eigenvalue weighted by Crippen LogP contribution is -2.46. The van der Waals surface area contributed by atoms with Gasteiger partial charge >= 0.3 is 5.97 Å². The molecule has 29 heavy (non-hydrogen) atoms. The first-order chi connectivity index (χ1) is 13.6. The van der Waals surface area contributed by atoms with Crippen molar-refractivity contribution in [2.75, 3.05) is 19.3 Å². The van der Waals surface area contributed by atoms with Gasteiger partial charge in [0.2, 0.25) is 11.8 Å². The van der Waals surface area contributed by atoms with Crippen LogP contribution in [0.1, 0.15) is 25.3 Å². The van der Waals surface area contributed by atoms with E-state index in [1.54, 1.807) is 23.1 Å². The topological polar surface area (TPSA) is 110 Å². The van der Waals surface area contributed by atoms with Gasteiger partial charge < -0.3 is 19.9 Å². The number of aliphatic carboxylic acids is 1. The predicted molar refractivity (Wildman–Crippen MR) is 112 cm³/mol. The van der Waals surface area contributed by atoms with E-state index >= 15 is 0 Å². The van der Waals surface area contributed by atoms with Crippen LogP contribution < -0.4 is 5.32 Å². The van der Waals surface area contributed by atoms with Crippen molar-refractivity contribution in [2.24, 2.45) is 5.92 Å². The molecule has 0 bridgehead atoms. The molecule has 1 saturated heterocycles. The van der Waals surface area contributed by atoms with Gasteiger partial charge in [0, 0.05) is 25.1 Å². The quantitative estimate of drug-likeness (QED) is 0.500. The molecule has 2 unspecified atom stereocenters. The minimum Gasteiger partial charge on any atom is -0.612 e. The Morgan fingerprint density at radius 3 is 2.45 bits per heavy atom. The first-order valence-corrected chi connectivity index (χ1v) is 11.2. The summed E-state index contributed by atoms with van der Waals surface area (Å²) in [6.45, 7) is 2.20. The van der Waals surface area contributed by atoms with Crippen LogP contribution in [0.2, 0.25) is 10.0 Å². The zero-order chi connectivity index (χ0) is 21.7. The van der Waals surface area contributed by atoms with Gasteiger partial charge in [-0.05, 0) is 54.7 Å². The number of carboxylic acid groups (broad SMARTS) is 1. The van der Waals surface area contributed by atoms with Crippen molar-refractivity contribution in [3.05, 3.63) is 33.8 Å². The Balaban J connectivity index is 1.94. The molecule has 1 fully saturated rings. The van der Waals surface area contributed by atoms with E-state index in [-0.39, 0.29) is 27.8 Å². The fourth-order valence-electron chi connectivity index (χ4n) is 2.92. The van der Waals surface area contributed by atoms with E-state index in [1.807, 2.05) is 0 Å².